The largest absolute Gasteiger partial charge is 0.473 e. The van der Waals surface area contributed by atoms with Crippen molar-refractivity contribution in [2.24, 2.45) is 0 Å². The maximum atomic E-state index is 13.3. The summed E-state index contributed by atoms with van der Waals surface area (Å²) in [7, 11) is 0. The predicted octanol–water partition coefficient (Wildman–Crippen LogP) is 0.624. The summed E-state index contributed by atoms with van der Waals surface area (Å²) < 4.78 is 20.3. The number of hydrogen-bond acceptors (Lipinski definition) is 8. The van der Waals surface area contributed by atoms with Gasteiger partial charge in [0.1, 0.15) is 23.7 Å². The van der Waals surface area contributed by atoms with Gasteiger partial charge in [-0.2, -0.15) is 4.98 Å². The minimum Gasteiger partial charge on any atom is -0.473 e. The summed E-state index contributed by atoms with van der Waals surface area (Å²) >= 11 is 0. The summed E-state index contributed by atoms with van der Waals surface area (Å²) in [6.45, 7) is 1.72. The van der Waals surface area contributed by atoms with E-state index in [9.17, 15) is 9.18 Å². The van der Waals surface area contributed by atoms with Crippen LogP contribution >= 0.6 is 0 Å². The molecule has 1 aliphatic rings. The van der Waals surface area contributed by atoms with Crippen LogP contribution in [-0.4, -0.2) is 49.7 Å². The monoisotopic (exact) mass is 372 g/mol. The molecule has 0 aliphatic carbocycles. The van der Waals surface area contributed by atoms with Gasteiger partial charge in [0.25, 0.3) is 5.91 Å². The van der Waals surface area contributed by atoms with Gasteiger partial charge in [0.05, 0.1) is 18.6 Å². The molecule has 0 aromatic carbocycles. The number of nitrogens with one attached hydrogen (secondary N) is 2. The van der Waals surface area contributed by atoms with Gasteiger partial charge in [0.2, 0.25) is 5.88 Å². The second-order valence-electron chi connectivity index (χ2n) is 6.06. The first-order valence-electron chi connectivity index (χ1n) is 8.40. The van der Waals surface area contributed by atoms with Crippen LogP contribution in [0, 0.1) is 5.82 Å². The summed E-state index contributed by atoms with van der Waals surface area (Å²) in [6.07, 6.45) is 6.55. The van der Waals surface area contributed by atoms with E-state index in [1.165, 1.54) is 12.5 Å². The van der Waals surface area contributed by atoms with E-state index in [-0.39, 0.29) is 29.0 Å². The number of amides is 1. The summed E-state index contributed by atoms with van der Waals surface area (Å²) in [4.78, 5) is 24.7. The van der Waals surface area contributed by atoms with E-state index in [2.05, 4.69) is 30.7 Å². The number of anilines is 2. The van der Waals surface area contributed by atoms with Crippen LogP contribution in [0.25, 0.3) is 5.65 Å². The number of nitrogens with zero attached hydrogens (tertiary/aromatic N) is 5. The summed E-state index contributed by atoms with van der Waals surface area (Å²) in [5, 5.41) is 9.85. The zero-order chi connectivity index (χ0) is 18.8. The van der Waals surface area contributed by atoms with E-state index in [4.69, 9.17) is 10.5 Å². The number of aromatic nitrogens is 5. The predicted molar refractivity (Wildman–Crippen MR) is 93.9 cm³/mol. The Morgan fingerprint density at radius 2 is 2.15 bits per heavy atom. The van der Waals surface area contributed by atoms with Crippen molar-refractivity contribution in [1.82, 2.24) is 29.9 Å². The van der Waals surface area contributed by atoms with Crippen molar-refractivity contribution in [1.29, 1.82) is 0 Å². The molecule has 3 aromatic heterocycles. The fraction of sp³-hybridized carbons (Fsp3) is 0.312. The standard InChI is InChI=1S/C16H17FN8O2/c17-9-5-21-14-12(13(18)24-25(14)7-9)15(26)23-11-6-20-8-22-16(11)27-10-1-3-19-4-2-10/h5-8,10,19H,1-4H2,(H2,18,24)(H,23,26). The van der Waals surface area contributed by atoms with Crippen LogP contribution in [0.2, 0.25) is 0 Å². The van der Waals surface area contributed by atoms with E-state index in [0.29, 0.717) is 5.69 Å². The van der Waals surface area contributed by atoms with Crippen molar-refractivity contribution in [2.45, 2.75) is 18.9 Å². The number of piperidine rings is 1. The minimum absolute atomic E-state index is 0.00323. The molecule has 4 N–H and O–H groups in total. The quantitative estimate of drug-likeness (QED) is 0.607. The molecule has 27 heavy (non-hydrogen) atoms. The van der Waals surface area contributed by atoms with E-state index in [1.807, 2.05) is 0 Å². The molecule has 0 unspecified atom stereocenters. The van der Waals surface area contributed by atoms with Crippen LogP contribution in [-0.2, 0) is 0 Å². The van der Waals surface area contributed by atoms with Crippen LogP contribution in [0.4, 0.5) is 15.9 Å². The summed E-state index contributed by atoms with van der Waals surface area (Å²) in [5.41, 5.74) is 6.30. The second-order valence-corrected chi connectivity index (χ2v) is 6.06. The zero-order valence-electron chi connectivity index (χ0n) is 14.2. The van der Waals surface area contributed by atoms with Gasteiger partial charge in [-0.05, 0) is 25.9 Å². The lowest BCUT2D eigenvalue weighted by molar-refractivity contribution is 0.102. The average molecular weight is 372 g/mol. The number of fused-ring (bicyclic) bond motifs is 1. The Labute approximate surface area is 153 Å². The number of carbonyl (C=O) groups is 1. The number of hydrogen-bond donors (Lipinski definition) is 3. The smallest absolute Gasteiger partial charge is 0.263 e. The van der Waals surface area contributed by atoms with Crippen molar-refractivity contribution in [3.63, 3.8) is 0 Å². The average Bonchev–Trinajstić information content (AvgIpc) is 2.99. The van der Waals surface area contributed by atoms with Gasteiger partial charge in [0, 0.05) is 0 Å². The Morgan fingerprint density at radius 1 is 1.33 bits per heavy atom. The van der Waals surface area contributed by atoms with E-state index in [1.54, 1.807) is 0 Å². The van der Waals surface area contributed by atoms with Gasteiger partial charge in [-0.1, -0.05) is 0 Å². The normalized spacial score (nSPS) is 15.0. The maximum absolute atomic E-state index is 13.3. The SMILES string of the molecule is Nc1nn2cc(F)cnc2c1C(=O)Nc1cncnc1OC1CCNCC1. The van der Waals surface area contributed by atoms with Crippen LogP contribution < -0.4 is 21.1 Å². The number of carbonyl (C=O) groups excluding carboxylic acids is 1. The molecule has 3 aromatic rings. The van der Waals surface area contributed by atoms with Crippen molar-refractivity contribution in [2.75, 3.05) is 24.1 Å². The molecule has 10 nitrogen and oxygen atoms in total. The first-order valence-corrected chi connectivity index (χ1v) is 8.40. The Kier molecular flexibility index (Phi) is 4.50. The molecule has 0 saturated carbocycles. The zero-order valence-corrected chi connectivity index (χ0v) is 14.2. The molecule has 140 valence electrons. The molecule has 0 spiro atoms. The Balaban J connectivity index is 1.59. The third-order valence-electron chi connectivity index (χ3n) is 4.18. The number of halogens is 1. The maximum Gasteiger partial charge on any atom is 0.263 e. The molecular weight excluding hydrogens is 355 g/mol. The van der Waals surface area contributed by atoms with Crippen LogP contribution in [0.3, 0.4) is 0 Å². The van der Waals surface area contributed by atoms with E-state index >= 15 is 0 Å². The van der Waals surface area contributed by atoms with Gasteiger partial charge < -0.3 is 21.1 Å². The number of nitrogens with two attached hydrogens (primary N) is 1. The van der Waals surface area contributed by atoms with Crippen molar-refractivity contribution >= 4 is 23.1 Å². The summed E-state index contributed by atoms with van der Waals surface area (Å²) in [6, 6.07) is 0. The van der Waals surface area contributed by atoms with Crippen molar-refractivity contribution < 1.29 is 13.9 Å². The van der Waals surface area contributed by atoms with Crippen LogP contribution in [0.1, 0.15) is 23.2 Å². The lowest BCUT2D eigenvalue weighted by Gasteiger charge is -2.24. The highest BCUT2D eigenvalue weighted by Crippen LogP contribution is 2.25. The van der Waals surface area contributed by atoms with Gasteiger partial charge in [-0.25, -0.2) is 18.9 Å². The summed E-state index contributed by atoms with van der Waals surface area (Å²) in [5.74, 6) is -0.944. The molecule has 0 radical (unpaired) electrons. The highest BCUT2D eigenvalue weighted by atomic mass is 19.1. The molecule has 4 heterocycles. The van der Waals surface area contributed by atoms with Gasteiger partial charge in [-0.3, -0.25) is 4.79 Å². The second kappa shape index (κ2) is 7.11. The molecule has 1 fully saturated rings. The van der Waals surface area contributed by atoms with Crippen LogP contribution in [0.15, 0.2) is 24.9 Å². The molecular formula is C16H17FN8O2. The first kappa shape index (κ1) is 17.1. The third-order valence-corrected chi connectivity index (χ3v) is 4.18. The number of nitrogen functional groups attached to an aromatic ring is 1. The fourth-order valence-corrected chi connectivity index (χ4v) is 2.90. The highest BCUT2D eigenvalue weighted by molar-refractivity contribution is 6.11. The lowest BCUT2D eigenvalue weighted by Crippen LogP contribution is -2.34. The Bertz CT molecular complexity index is 986. The molecule has 0 bridgehead atoms. The third kappa shape index (κ3) is 3.49. The van der Waals surface area contributed by atoms with Crippen molar-refractivity contribution in [3.05, 3.63) is 36.3 Å². The Morgan fingerprint density at radius 3 is 2.96 bits per heavy atom. The Hall–Kier alpha value is -3.34. The topological polar surface area (TPSA) is 132 Å². The van der Waals surface area contributed by atoms with Crippen molar-refractivity contribution in [3.8, 4) is 5.88 Å². The molecule has 11 heteroatoms. The van der Waals surface area contributed by atoms with E-state index < -0.39 is 11.7 Å². The minimum atomic E-state index is -0.592. The van der Waals surface area contributed by atoms with E-state index in [0.717, 1.165) is 42.8 Å². The molecule has 4 rings (SSSR count). The number of ether oxygens (including phenoxy) is 1. The fourth-order valence-electron chi connectivity index (χ4n) is 2.90. The molecule has 1 amide bonds. The van der Waals surface area contributed by atoms with Crippen LogP contribution in [0.5, 0.6) is 5.88 Å². The molecule has 1 saturated heterocycles. The highest BCUT2D eigenvalue weighted by Gasteiger charge is 2.22. The van der Waals surface area contributed by atoms with Gasteiger partial charge in [-0.15, -0.1) is 5.10 Å². The number of rotatable bonds is 4. The molecule has 0 atom stereocenters. The van der Waals surface area contributed by atoms with Gasteiger partial charge in [0.15, 0.2) is 17.3 Å². The lowest BCUT2D eigenvalue weighted by atomic mass is 10.1. The first-order chi connectivity index (χ1) is 13.1. The van der Waals surface area contributed by atoms with Gasteiger partial charge >= 0.3 is 0 Å². The molecule has 1 aliphatic heterocycles.